The van der Waals surface area contributed by atoms with E-state index in [1.807, 2.05) is 0 Å². The molecule has 0 bridgehead atoms. The summed E-state index contributed by atoms with van der Waals surface area (Å²) in [6.45, 7) is 13.7. The third-order valence-electron chi connectivity index (χ3n) is 5.72. The maximum absolute atomic E-state index is 11.7. The third-order valence-corrected chi connectivity index (χ3v) is 5.72. The normalized spacial score (nSPS) is 39.2. The molecule has 0 aromatic heterocycles. The number of likely N-dealkylation sites (tertiary alicyclic amines) is 1. The van der Waals surface area contributed by atoms with Crippen LogP contribution in [-0.4, -0.2) is 35.1 Å². The molecule has 1 N–H and O–H groups in total. The Hall–Kier alpha value is -0.570. The second-order valence-corrected chi connectivity index (χ2v) is 8.79. The van der Waals surface area contributed by atoms with Gasteiger partial charge in [0.25, 0.3) is 0 Å². The number of nitrogens with zero attached hydrogens (tertiary/aromatic N) is 1. The van der Waals surface area contributed by atoms with Gasteiger partial charge in [-0.1, -0.05) is 34.6 Å². The van der Waals surface area contributed by atoms with Crippen LogP contribution in [0, 0.1) is 29.1 Å². The Balaban J connectivity index is 2.15. The highest BCUT2D eigenvalue weighted by molar-refractivity contribution is 5.71. The molecule has 0 spiro atoms. The third kappa shape index (κ3) is 4.00. The Morgan fingerprint density at radius 1 is 1.05 bits per heavy atom. The summed E-state index contributed by atoms with van der Waals surface area (Å²) in [6, 6.07) is 0.241. The van der Waals surface area contributed by atoms with Gasteiger partial charge in [-0.05, 0) is 48.9 Å². The van der Waals surface area contributed by atoms with E-state index in [9.17, 15) is 9.90 Å². The quantitative estimate of drug-likeness (QED) is 0.840. The van der Waals surface area contributed by atoms with E-state index in [1.165, 1.54) is 6.42 Å². The molecule has 2 aliphatic rings. The van der Waals surface area contributed by atoms with Gasteiger partial charge in [-0.25, -0.2) is 0 Å². The first-order valence-corrected chi connectivity index (χ1v) is 8.65. The highest BCUT2D eigenvalue weighted by Crippen LogP contribution is 2.42. The van der Waals surface area contributed by atoms with Crippen molar-refractivity contribution in [1.29, 1.82) is 0 Å². The largest absolute Gasteiger partial charge is 0.481 e. The van der Waals surface area contributed by atoms with Crippen molar-refractivity contribution in [2.24, 2.45) is 29.1 Å². The second kappa shape index (κ2) is 6.28. The van der Waals surface area contributed by atoms with Gasteiger partial charge in [0.1, 0.15) is 0 Å². The van der Waals surface area contributed by atoms with E-state index in [1.54, 1.807) is 0 Å². The number of hydrogen-bond donors (Lipinski definition) is 1. The number of carboxylic acid groups (broad SMARTS) is 1. The van der Waals surface area contributed by atoms with Crippen LogP contribution in [0.2, 0.25) is 0 Å². The summed E-state index contributed by atoms with van der Waals surface area (Å²) < 4.78 is 0. The van der Waals surface area contributed by atoms with Crippen molar-refractivity contribution >= 4 is 5.97 Å². The van der Waals surface area contributed by atoms with Gasteiger partial charge >= 0.3 is 5.97 Å². The lowest BCUT2D eigenvalue weighted by Crippen LogP contribution is -2.53. The molecule has 5 unspecified atom stereocenters. The van der Waals surface area contributed by atoms with Gasteiger partial charge in [-0.15, -0.1) is 0 Å². The maximum atomic E-state index is 11.7. The predicted octanol–water partition coefficient (Wildman–Crippen LogP) is 3.88. The van der Waals surface area contributed by atoms with E-state index in [0.717, 1.165) is 32.4 Å². The van der Waals surface area contributed by atoms with Gasteiger partial charge in [-0.3, -0.25) is 9.69 Å². The lowest BCUT2D eigenvalue weighted by Gasteiger charge is -2.48. The number of piperidine rings is 1. The number of carboxylic acids is 1. The highest BCUT2D eigenvalue weighted by Gasteiger charge is 2.42. The van der Waals surface area contributed by atoms with Crippen LogP contribution in [0.5, 0.6) is 0 Å². The molecule has 1 saturated heterocycles. The summed E-state index contributed by atoms with van der Waals surface area (Å²) in [5.41, 5.74) is 0.286. The smallest absolute Gasteiger partial charge is 0.308 e. The summed E-state index contributed by atoms with van der Waals surface area (Å²) in [4.78, 5) is 14.2. The topological polar surface area (TPSA) is 40.5 Å². The summed E-state index contributed by atoms with van der Waals surface area (Å²) in [6.07, 6.45) is 4.25. The monoisotopic (exact) mass is 295 g/mol. The molecule has 0 aromatic carbocycles. The van der Waals surface area contributed by atoms with Crippen LogP contribution in [0.15, 0.2) is 0 Å². The van der Waals surface area contributed by atoms with Crippen LogP contribution in [0.25, 0.3) is 0 Å². The van der Waals surface area contributed by atoms with Gasteiger partial charge < -0.3 is 5.11 Å². The fraction of sp³-hybridized carbons (Fsp3) is 0.944. The minimum Gasteiger partial charge on any atom is -0.481 e. The van der Waals surface area contributed by atoms with Crippen molar-refractivity contribution in [2.45, 2.75) is 66.3 Å². The van der Waals surface area contributed by atoms with Crippen LogP contribution in [0.4, 0.5) is 0 Å². The standard InChI is InChI=1S/C18H33NO2/c1-12-8-13(2)11-19(10-12)16-9-14(18(3,4)5)6-7-15(16)17(20)21/h12-16H,6-11H2,1-5H3,(H,20,21). The molecule has 0 aromatic rings. The molecule has 3 heteroatoms. The van der Waals surface area contributed by atoms with Crippen LogP contribution in [0.1, 0.15) is 60.3 Å². The molecule has 1 aliphatic heterocycles. The fourth-order valence-corrected chi connectivity index (χ4v) is 4.61. The van der Waals surface area contributed by atoms with Gasteiger partial charge in [0.15, 0.2) is 0 Å². The average molecular weight is 295 g/mol. The van der Waals surface area contributed by atoms with Gasteiger partial charge in [0, 0.05) is 19.1 Å². The number of carbonyl (C=O) groups is 1. The molecule has 5 atom stereocenters. The van der Waals surface area contributed by atoms with Crippen molar-refractivity contribution in [2.75, 3.05) is 13.1 Å². The van der Waals surface area contributed by atoms with Crippen molar-refractivity contribution in [3.63, 3.8) is 0 Å². The molecule has 2 rings (SSSR count). The van der Waals surface area contributed by atoms with Gasteiger partial charge in [0.2, 0.25) is 0 Å². The first-order valence-electron chi connectivity index (χ1n) is 8.65. The Morgan fingerprint density at radius 2 is 1.62 bits per heavy atom. The number of aliphatic carboxylic acids is 1. The van der Waals surface area contributed by atoms with Crippen LogP contribution >= 0.6 is 0 Å². The van der Waals surface area contributed by atoms with E-state index < -0.39 is 5.97 Å². The lowest BCUT2D eigenvalue weighted by molar-refractivity contribution is -0.147. The van der Waals surface area contributed by atoms with Crippen LogP contribution < -0.4 is 0 Å². The van der Waals surface area contributed by atoms with Crippen molar-refractivity contribution in [3.8, 4) is 0 Å². The van der Waals surface area contributed by atoms with E-state index in [0.29, 0.717) is 17.8 Å². The second-order valence-electron chi connectivity index (χ2n) is 8.79. The summed E-state index contributed by atoms with van der Waals surface area (Å²) in [5.74, 6) is 1.28. The molecule has 1 heterocycles. The van der Waals surface area contributed by atoms with E-state index in [4.69, 9.17) is 0 Å². The molecule has 122 valence electrons. The molecule has 21 heavy (non-hydrogen) atoms. The Bertz CT molecular complexity index is 364. The Labute approximate surface area is 130 Å². The fourth-order valence-electron chi connectivity index (χ4n) is 4.61. The Morgan fingerprint density at radius 3 is 2.10 bits per heavy atom. The van der Waals surface area contributed by atoms with Crippen molar-refractivity contribution in [1.82, 2.24) is 4.90 Å². The molecule has 2 fully saturated rings. The highest BCUT2D eigenvalue weighted by atomic mass is 16.4. The minimum atomic E-state index is -0.585. The minimum absolute atomic E-state index is 0.166. The van der Waals surface area contributed by atoms with Crippen molar-refractivity contribution < 1.29 is 9.90 Å². The molecule has 1 saturated carbocycles. The molecular formula is C18H33NO2. The van der Waals surface area contributed by atoms with E-state index >= 15 is 0 Å². The Kier molecular flexibility index (Phi) is 5.02. The zero-order valence-electron chi connectivity index (χ0n) is 14.4. The molecule has 0 amide bonds. The van der Waals surface area contributed by atoms with Crippen molar-refractivity contribution in [3.05, 3.63) is 0 Å². The van der Waals surface area contributed by atoms with Crippen LogP contribution in [-0.2, 0) is 4.79 Å². The summed E-state index contributed by atoms with van der Waals surface area (Å²) in [7, 11) is 0. The summed E-state index contributed by atoms with van der Waals surface area (Å²) in [5, 5.41) is 9.63. The SMILES string of the molecule is CC1CC(C)CN(C2CC(C(C)(C)C)CCC2C(=O)O)C1. The number of rotatable bonds is 2. The summed E-state index contributed by atoms with van der Waals surface area (Å²) >= 11 is 0. The average Bonchev–Trinajstić information content (AvgIpc) is 2.35. The maximum Gasteiger partial charge on any atom is 0.308 e. The molecule has 0 radical (unpaired) electrons. The number of hydrogen-bond acceptors (Lipinski definition) is 2. The first kappa shape index (κ1) is 16.8. The predicted molar refractivity (Wildman–Crippen MR) is 86.2 cm³/mol. The zero-order chi connectivity index (χ0) is 15.8. The van der Waals surface area contributed by atoms with E-state index in [-0.39, 0.29) is 17.4 Å². The molecular weight excluding hydrogens is 262 g/mol. The molecule has 3 nitrogen and oxygen atoms in total. The first-order chi connectivity index (χ1) is 9.68. The van der Waals surface area contributed by atoms with Crippen LogP contribution in [0.3, 0.4) is 0 Å². The van der Waals surface area contributed by atoms with Gasteiger partial charge in [0.05, 0.1) is 5.92 Å². The zero-order valence-corrected chi connectivity index (χ0v) is 14.4. The van der Waals surface area contributed by atoms with E-state index in [2.05, 4.69) is 39.5 Å². The van der Waals surface area contributed by atoms with Gasteiger partial charge in [-0.2, -0.15) is 0 Å². The molecule has 1 aliphatic carbocycles. The lowest BCUT2D eigenvalue weighted by atomic mass is 9.67.